The van der Waals surface area contributed by atoms with Gasteiger partial charge in [0.2, 0.25) is 6.29 Å². The highest BCUT2D eigenvalue weighted by Crippen LogP contribution is 2.38. The van der Waals surface area contributed by atoms with Gasteiger partial charge in [0.15, 0.2) is 18.2 Å². The lowest BCUT2D eigenvalue weighted by Gasteiger charge is -2.42. The Morgan fingerprint density at radius 1 is 1.00 bits per heavy atom. The Labute approximate surface area is 222 Å². The fourth-order valence-electron chi connectivity index (χ4n) is 4.75. The zero-order valence-corrected chi connectivity index (χ0v) is 20.6. The molecule has 2 aromatic carbocycles. The van der Waals surface area contributed by atoms with Gasteiger partial charge in [-0.2, -0.15) is 0 Å². The van der Waals surface area contributed by atoms with Crippen LogP contribution in [-0.2, 0) is 14.2 Å². The summed E-state index contributed by atoms with van der Waals surface area (Å²) in [5, 5.41) is 70.3. The second-order valence-electron chi connectivity index (χ2n) is 9.79. The molecule has 7 N–H and O–H groups in total. The van der Waals surface area contributed by atoms with E-state index in [1.807, 2.05) is 0 Å². The highest BCUT2D eigenvalue weighted by atomic mass is 16.8. The summed E-state index contributed by atoms with van der Waals surface area (Å²) in [5.41, 5.74) is -0.945. The van der Waals surface area contributed by atoms with Crippen LogP contribution >= 0.6 is 0 Å². The van der Waals surface area contributed by atoms with Crippen LogP contribution in [0.5, 0.6) is 17.2 Å². The fraction of sp³-hybridized carbons (Fsp3) is 0.500. The molecule has 13 heteroatoms. The molecule has 13 nitrogen and oxygen atoms in total. The number of aliphatic hydroxyl groups is 6. The Balaban J connectivity index is 1.31. The van der Waals surface area contributed by atoms with E-state index in [0.717, 1.165) is 0 Å². The van der Waals surface area contributed by atoms with E-state index < -0.39 is 74.6 Å². The third-order valence-electron chi connectivity index (χ3n) is 7.11. The second kappa shape index (κ2) is 11.0. The molecule has 3 heterocycles. The topological polar surface area (TPSA) is 205 Å². The molecule has 0 aliphatic carbocycles. The summed E-state index contributed by atoms with van der Waals surface area (Å²) in [4.78, 5) is 12.5. The number of hydrogen-bond donors (Lipinski definition) is 7. The molecule has 2 saturated heterocycles. The molecule has 0 radical (unpaired) electrons. The second-order valence-corrected chi connectivity index (χ2v) is 9.79. The van der Waals surface area contributed by atoms with E-state index in [0.29, 0.717) is 11.1 Å². The highest BCUT2D eigenvalue weighted by molar-refractivity contribution is 6.00. The van der Waals surface area contributed by atoms with Gasteiger partial charge in [-0.25, -0.2) is 0 Å². The normalized spacial score (nSPS) is 36.3. The molecule has 3 aliphatic rings. The molecular formula is C26H30O13. The van der Waals surface area contributed by atoms with Crippen LogP contribution in [0.2, 0.25) is 0 Å². The van der Waals surface area contributed by atoms with E-state index in [2.05, 4.69) is 0 Å². The Morgan fingerprint density at radius 3 is 2.41 bits per heavy atom. The molecule has 9 atom stereocenters. The van der Waals surface area contributed by atoms with Crippen LogP contribution in [0.15, 0.2) is 42.5 Å². The summed E-state index contributed by atoms with van der Waals surface area (Å²) in [6.45, 7) is -1.88. The number of phenols is 1. The van der Waals surface area contributed by atoms with Gasteiger partial charge in [0.1, 0.15) is 53.4 Å². The van der Waals surface area contributed by atoms with Crippen molar-refractivity contribution in [1.29, 1.82) is 0 Å². The maximum atomic E-state index is 12.5. The van der Waals surface area contributed by atoms with Crippen molar-refractivity contribution >= 4 is 5.78 Å². The summed E-state index contributed by atoms with van der Waals surface area (Å²) in [5.74, 6) is 0.348. The van der Waals surface area contributed by atoms with Gasteiger partial charge in [-0.05, 0) is 29.8 Å². The third kappa shape index (κ3) is 5.33. The van der Waals surface area contributed by atoms with Crippen LogP contribution in [0.4, 0.5) is 0 Å². The van der Waals surface area contributed by atoms with Gasteiger partial charge in [-0.3, -0.25) is 4.79 Å². The van der Waals surface area contributed by atoms with Crippen LogP contribution in [0, 0.1) is 0 Å². The predicted molar refractivity (Wildman–Crippen MR) is 128 cm³/mol. The molecule has 0 amide bonds. The third-order valence-corrected chi connectivity index (χ3v) is 7.11. The molecule has 212 valence electrons. The van der Waals surface area contributed by atoms with E-state index >= 15 is 0 Å². The summed E-state index contributed by atoms with van der Waals surface area (Å²) in [6, 6.07) is 10.7. The minimum atomic E-state index is -1.98. The molecular weight excluding hydrogens is 520 g/mol. The fourth-order valence-corrected chi connectivity index (χ4v) is 4.75. The zero-order chi connectivity index (χ0) is 27.9. The lowest BCUT2D eigenvalue weighted by atomic mass is 9.96. The summed E-state index contributed by atoms with van der Waals surface area (Å²) in [6.07, 6.45) is -10.9. The van der Waals surface area contributed by atoms with Crippen molar-refractivity contribution in [2.24, 2.45) is 0 Å². The van der Waals surface area contributed by atoms with Gasteiger partial charge in [0.05, 0.1) is 31.8 Å². The van der Waals surface area contributed by atoms with Crippen LogP contribution in [0.25, 0.3) is 0 Å². The maximum Gasteiger partial charge on any atom is 0.229 e. The number of ketones is 1. The van der Waals surface area contributed by atoms with Crippen molar-refractivity contribution in [2.75, 3.05) is 19.8 Å². The lowest BCUT2D eigenvalue weighted by molar-refractivity contribution is -0.318. The minimum Gasteiger partial charge on any atom is -0.508 e. The predicted octanol–water partition coefficient (Wildman–Crippen LogP) is -1.26. The minimum absolute atomic E-state index is 0.0275. The van der Waals surface area contributed by atoms with Crippen LogP contribution < -0.4 is 9.47 Å². The number of benzene rings is 2. The van der Waals surface area contributed by atoms with Crippen molar-refractivity contribution in [1.82, 2.24) is 0 Å². The molecule has 0 saturated carbocycles. The Morgan fingerprint density at radius 2 is 1.74 bits per heavy atom. The molecule has 0 unspecified atom stereocenters. The number of carbonyl (C=O) groups is 1. The van der Waals surface area contributed by atoms with E-state index in [4.69, 9.17) is 23.7 Å². The largest absolute Gasteiger partial charge is 0.508 e. The van der Waals surface area contributed by atoms with Crippen molar-refractivity contribution in [2.45, 2.75) is 61.2 Å². The number of aromatic hydroxyl groups is 1. The number of rotatable bonds is 7. The number of carbonyl (C=O) groups excluding carboxylic acids is 1. The first-order valence-electron chi connectivity index (χ1n) is 12.3. The van der Waals surface area contributed by atoms with E-state index in [9.17, 15) is 40.5 Å². The van der Waals surface area contributed by atoms with E-state index in [1.54, 1.807) is 24.3 Å². The summed E-state index contributed by atoms with van der Waals surface area (Å²) < 4.78 is 28.3. The van der Waals surface area contributed by atoms with Gasteiger partial charge in [0.25, 0.3) is 0 Å². The van der Waals surface area contributed by atoms with Crippen molar-refractivity contribution < 1.29 is 64.2 Å². The smallest absolute Gasteiger partial charge is 0.229 e. The first-order valence-corrected chi connectivity index (χ1v) is 12.3. The molecule has 2 aromatic rings. The number of phenolic OH excluding ortho intramolecular Hbond substituents is 1. The summed E-state index contributed by atoms with van der Waals surface area (Å²) in [7, 11) is 0. The number of fused-ring (bicyclic) bond motifs is 1. The monoisotopic (exact) mass is 550 g/mol. The first kappa shape index (κ1) is 27.7. The molecule has 5 rings (SSSR count). The molecule has 3 aliphatic heterocycles. The standard InChI is InChI=1S/C26H30O13/c27-9-19-20(31)21(32)22(39-25-23(33)26(34,10-28)11-35-25)24(38-19)36-14-4-1-12(2-5-14)17-8-16(30)15-6-3-13(29)7-18(15)37-17/h1-7,17,19-25,27-29,31-34H,8-11H2/t17-,19-,20+,21-,22+,23+,24+,25-,26+/m0/s1. The van der Waals surface area contributed by atoms with Crippen molar-refractivity contribution in [3.8, 4) is 17.2 Å². The number of ether oxygens (including phenoxy) is 5. The molecule has 0 bridgehead atoms. The Kier molecular flexibility index (Phi) is 7.79. The molecule has 39 heavy (non-hydrogen) atoms. The number of Topliss-reactive ketones (excluding diaryl/α,β-unsaturated/α-hetero) is 1. The summed E-state index contributed by atoms with van der Waals surface area (Å²) >= 11 is 0. The molecule has 0 spiro atoms. The lowest BCUT2D eigenvalue weighted by Crippen LogP contribution is -2.62. The SMILES string of the molecule is O=C1C[C@@H](c2ccc(O[C@@H]3O[C@@H](CO)[C@@H](O)[C@H](O)[C@H]3O[C@@H]3OC[C@](O)(CO)[C@@H]3O)cc2)Oc2cc(O)ccc21. The van der Waals surface area contributed by atoms with Crippen LogP contribution in [-0.4, -0.2) is 110 Å². The molecule has 2 fully saturated rings. The van der Waals surface area contributed by atoms with Gasteiger partial charge in [-0.1, -0.05) is 12.1 Å². The quantitative estimate of drug-likeness (QED) is 0.215. The van der Waals surface area contributed by atoms with Crippen molar-refractivity contribution in [3.63, 3.8) is 0 Å². The van der Waals surface area contributed by atoms with Crippen LogP contribution in [0.1, 0.15) is 28.4 Å². The highest BCUT2D eigenvalue weighted by Gasteiger charge is 2.53. The Hall–Kier alpha value is -2.85. The Bertz CT molecular complexity index is 1170. The van der Waals surface area contributed by atoms with Gasteiger partial charge in [0, 0.05) is 6.07 Å². The van der Waals surface area contributed by atoms with Gasteiger partial charge < -0.3 is 59.4 Å². The number of hydrogen-bond acceptors (Lipinski definition) is 13. The average Bonchev–Trinajstić information content (AvgIpc) is 3.21. The number of aliphatic hydroxyl groups excluding tert-OH is 5. The maximum absolute atomic E-state index is 12.5. The van der Waals surface area contributed by atoms with Crippen molar-refractivity contribution in [3.05, 3.63) is 53.6 Å². The van der Waals surface area contributed by atoms with Gasteiger partial charge in [-0.15, -0.1) is 0 Å². The average molecular weight is 551 g/mol. The molecule has 0 aromatic heterocycles. The first-order chi connectivity index (χ1) is 18.6. The van der Waals surface area contributed by atoms with E-state index in [-0.39, 0.29) is 29.5 Å². The van der Waals surface area contributed by atoms with E-state index in [1.165, 1.54) is 18.2 Å². The van der Waals surface area contributed by atoms with Crippen LogP contribution in [0.3, 0.4) is 0 Å². The van der Waals surface area contributed by atoms with Gasteiger partial charge >= 0.3 is 0 Å². The zero-order valence-electron chi connectivity index (χ0n) is 20.6.